The van der Waals surface area contributed by atoms with Gasteiger partial charge in [-0.1, -0.05) is 30.3 Å². The van der Waals surface area contributed by atoms with Crippen molar-refractivity contribution >= 4 is 11.4 Å². The van der Waals surface area contributed by atoms with Crippen LogP contribution < -0.4 is 10.6 Å². The Bertz CT molecular complexity index is 505. The summed E-state index contributed by atoms with van der Waals surface area (Å²) in [6.45, 7) is 3.52. The van der Waals surface area contributed by atoms with Crippen LogP contribution >= 0.6 is 0 Å². The molecule has 3 N–H and O–H groups in total. The summed E-state index contributed by atoms with van der Waals surface area (Å²) in [5.41, 5.74) is 10.1. The van der Waals surface area contributed by atoms with Crippen LogP contribution in [0.4, 0.5) is 11.4 Å². The molecule has 0 bridgehead atoms. The predicted molar refractivity (Wildman–Crippen MR) is 80.2 cm³/mol. The fraction of sp³-hybridized carbons (Fsp3) is 0.250. The first-order valence-electron chi connectivity index (χ1n) is 6.46. The molecular formula is C16H20N2O. The van der Waals surface area contributed by atoms with Crippen molar-refractivity contribution < 1.29 is 5.11 Å². The van der Waals surface area contributed by atoms with Crippen molar-refractivity contribution in [2.75, 3.05) is 23.8 Å². The van der Waals surface area contributed by atoms with Crippen molar-refractivity contribution in [2.45, 2.75) is 13.5 Å². The van der Waals surface area contributed by atoms with Crippen molar-refractivity contribution in [3.05, 3.63) is 59.7 Å². The number of anilines is 2. The number of hydrogen-bond acceptors (Lipinski definition) is 3. The maximum Gasteiger partial charge on any atom is 0.0606 e. The lowest BCUT2D eigenvalue weighted by molar-refractivity contribution is 0.301. The third-order valence-corrected chi connectivity index (χ3v) is 3.04. The van der Waals surface area contributed by atoms with Crippen LogP contribution in [0.3, 0.4) is 0 Å². The van der Waals surface area contributed by atoms with Gasteiger partial charge in [0.25, 0.3) is 0 Å². The topological polar surface area (TPSA) is 49.5 Å². The van der Waals surface area contributed by atoms with Gasteiger partial charge < -0.3 is 15.7 Å². The molecule has 0 amide bonds. The number of hydrogen-bond donors (Lipinski definition) is 2. The van der Waals surface area contributed by atoms with Crippen LogP contribution in [0, 0.1) is 6.92 Å². The summed E-state index contributed by atoms with van der Waals surface area (Å²) in [5.74, 6) is 0. The molecule has 0 aliphatic heterocycles. The molecule has 2 rings (SSSR count). The average molecular weight is 256 g/mol. The Labute approximate surface area is 114 Å². The van der Waals surface area contributed by atoms with Crippen molar-refractivity contribution in [1.82, 2.24) is 0 Å². The van der Waals surface area contributed by atoms with E-state index in [1.165, 1.54) is 5.56 Å². The number of nitrogens with zero attached hydrogens (tertiary/aromatic N) is 1. The minimum atomic E-state index is 0.126. The lowest BCUT2D eigenvalue weighted by Gasteiger charge is -2.25. The average Bonchev–Trinajstić information content (AvgIpc) is 2.38. The largest absolute Gasteiger partial charge is 0.399 e. The Morgan fingerprint density at radius 3 is 2.47 bits per heavy atom. The number of nitrogen functional groups attached to an aromatic ring is 1. The molecule has 0 unspecified atom stereocenters. The molecule has 0 saturated carbocycles. The van der Waals surface area contributed by atoms with E-state index in [4.69, 9.17) is 5.73 Å². The summed E-state index contributed by atoms with van der Waals surface area (Å²) < 4.78 is 0. The molecule has 0 fully saturated rings. The molecule has 0 aliphatic carbocycles. The molecule has 100 valence electrons. The molecule has 19 heavy (non-hydrogen) atoms. The molecule has 0 saturated heterocycles. The number of aliphatic hydroxyl groups is 1. The quantitative estimate of drug-likeness (QED) is 0.808. The third-order valence-electron chi connectivity index (χ3n) is 3.04. The highest BCUT2D eigenvalue weighted by Gasteiger charge is 2.08. The third kappa shape index (κ3) is 3.73. The van der Waals surface area contributed by atoms with E-state index in [1.54, 1.807) is 0 Å². The Balaban J connectivity index is 2.24. The summed E-state index contributed by atoms with van der Waals surface area (Å²) in [5, 5.41) is 9.24. The SMILES string of the molecule is Cc1cc(N)cc(N(CCO)Cc2ccccc2)c1. The minimum Gasteiger partial charge on any atom is -0.399 e. The van der Waals surface area contributed by atoms with E-state index in [-0.39, 0.29) is 6.61 Å². The molecule has 0 aromatic heterocycles. The first-order valence-corrected chi connectivity index (χ1v) is 6.46. The smallest absolute Gasteiger partial charge is 0.0606 e. The monoisotopic (exact) mass is 256 g/mol. The Morgan fingerprint density at radius 1 is 1.11 bits per heavy atom. The van der Waals surface area contributed by atoms with Gasteiger partial charge >= 0.3 is 0 Å². The van der Waals surface area contributed by atoms with Crippen molar-refractivity contribution in [3.63, 3.8) is 0 Å². The summed E-state index contributed by atoms with van der Waals surface area (Å²) in [4.78, 5) is 2.14. The second kappa shape index (κ2) is 6.25. The molecule has 0 radical (unpaired) electrons. The van der Waals surface area contributed by atoms with E-state index in [0.29, 0.717) is 6.54 Å². The second-order valence-corrected chi connectivity index (χ2v) is 4.73. The van der Waals surface area contributed by atoms with Crippen molar-refractivity contribution in [1.29, 1.82) is 0 Å². The number of aliphatic hydroxyl groups excluding tert-OH is 1. The normalized spacial score (nSPS) is 10.4. The van der Waals surface area contributed by atoms with Gasteiger partial charge in [-0.25, -0.2) is 0 Å². The summed E-state index contributed by atoms with van der Waals surface area (Å²) in [6.07, 6.45) is 0. The highest BCUT2D eigenvalue weighted by Crippen LogP contribution is 2.22. The predicted octanol–water partition coefficient (Wildman–Crippen LogP) is 2.58. The van der Waals surface area contributed by atoms with E-state index in [2.05, 4.69) is 23.1 Å². The first kappa shape index (κ1) is 13.4. The molecule has 3 nitrogen and oxygen atoms in total. The van der Waals surface area contributed by atoms with Crippen LogP contribution in [0.15, 0.2) is 48.5 Å². The summed E-state index contributed by atoms with van der Waals surface area (Å²) in [6, 6.07) is 16.2. The first-order chi connectivity index (χ1) is 9.19. The van der Waals surface area contributed by atoms with Gasteiger partial charge in [0.05, 0.1) is 6.61 Å². The van der Waals surface area contributed by atoms with Crippen molar-refractivity contribution in [2.24, 2.45) is 0 Å². The van der Waals surface area contributed by atoms with Crippen LogP contribution in [0.5, 0.6) is 0 Å². The highest BCUT2D eigenvalue weighted by atomic mass is 16.3. The van der Waals surface area contributed by atoms with E-state index in [1.807, 2.05) is 37.3 Å². The Hall–Kier alpha value is -2.00. The van der Waals surface area contributed by atoms with Gasteiger partial charge in [-0.15, -0.1) is 0 Å². The van der Waals surface area contributed by atoms with Crippen LogP contribution in [0.25, 0.3) is 0 Å². The van der Waals surface area contributed by atoms with E-state index in [9.17, 15) is 5.11 Å². The van der Waals surface area contributed by atoms with E-state index >= 15 is 0 Å². The van der Waals surface area contributed by atoms with Crippen LogP contribution in [0.1, 0.15) is 11.1 Å². The molecule has 0 spiro atoms. The van der Waals surface area contributed by atoms with Gasteiger partial charge in [-0.05, 0) is 36.2 Å². The lowest BCUT2D eigenvalue weighted by atomic mass is 10.1. The van der Waals surface area contributed by atoms with Gasteiger partial charge in [-0.3, -0.25) is 0 Å². The fourth-order valence-corrected chi connectivity index (χ4v) is 2.20. The molecule has 0 heterocycles. The number of nitrogens with two attached hydrogens (primary N) is 1. The molecule has 3 heteroatoms. The van der Waals surface area contributed by atoms with Gasteiger partial charge in [0.1, 0.15) is 0 Å². The van der Waals surface area contributed by atoms with Crippen LogP contribution in [-0.2, 0) is 6.54 Å². The molecule has 0 atom stereocenters. The molecule has 2 aromatic rings. The zero-order chi connectivity index (χ0) is 13.7. The fourth-order valence-electron chi connectivity index (χ4n) is 2.20. The van der Waals surface area contributed by atoms with Gasteiger partial charge in [0, 0.05) is 24.5 Å². The zero-order valence-corrected chi connectivity index (χ0v) is 11.2. The maximum absolute atomic E-state index is 9.24. The Morgan fingerprint density at radius 2 is 1.84 bits per heavy atom. The second-order valence-electron chi connectivity index (χ2n) is 4.73. The number of aryl methyl sites for hydroxylation is 1. The standard InChI is InChI=1S/C16H20N2O/c1-13-9-15(17)11-16(10-13)18(7-8-19)12-14-5-3-2-4-6-14/h2-6,9-11,19H,7-8,12,17H2,1H3. The molecule has 2 aromatic carbocycles. The lowest BCUT2D eigenvalue weighted by Crippen LogP contribution is -2.26. The van der Waals surface area contributed by atoms with Gasteiger partial charge in [-0.2, -0.15) is 0 Å². The Kier molecular flexibility index (Phi) is 4.42. The zero-order valence-electron chi connectivity index (χ0n) is 11.2. The summed E-state index contributed by atoms with van der Waals surface area (Å²) in [7, 11) is 0. The van der Waals surface area contributed by atoms with Crippen LogP contribution in [0.2, 0.25) is 0 Å². The maximum atomic E-state index is 9.24. The van der Waals surface area contributed by atoms with E-state index < -0.39 is 0 Å². The molecule has 0 aliphatic rings. The number of rotatable bonds is 5. The van der Waals surface area contributed by atoms with E-state index in [0.717, 1.165) is 23.5 Å². The van der Waals surface area contributed by atoms with Gasteiger partial charge in [0.15, 0.2) is 0 Å². The summed E-state index contributed by atoms with van der Waals surface area (Å²) >= 11 is 0. The highest BCUT2D eigenvalue weighted by molar-refractivity contribution is 5.58. The molecular weight excluding hydrogens is 236 g/mol. The van der Waals surface area contributed by atoms with Gasteiger partial charge in [0.2, 0.25) is 0 Å². The number of benzene rings is 2. The minimum absolute atomic E-state index is 0.126. The van der Waals surface area contributed by atoms with Crippen LogP contribution in [-0.4, -0.2) is 18.3 Å². The van der Waals surface area contributed by atoms with Crippen molar-refractivity contribution in [3.8, 4) is 0 Å².